The van der Waals surface area contributed by atoms with E-state index in [1.54, 1.807) is 12.2 Å². The van der Waals surface area contributed by atoms with Gasteiger partial charge >= 0.3 is 0 Å². The van der Waals surface area contributed by atoms with Crippen LogP contribution >= 0.6 is 0 Å². The lowest BCUT2D eigenvalue weighted by Gasteiger charge is -2.58. The molecule has 4 atom stereocenters. The Morgan fingerprint density at radius 2 is 1.96 bits per heavy atom. The summed E-state index contributed by atoms with van der Waals surface area (Å²) in [6.45, 7) is 6.58. The zero-order valence-electron chi connectivity index (χ0n) is 16.9. The Morgan fingerprint density at radius 1 is 1.30 bits per heavy atom. The highest BCUT2D eigenvalue weighted by molar-refractivity contribution is 6.04. The molecule has 0 aromatic carbocycles. The molecular weight excluding hydrogens is 336 g/mol. The Morgan fingerprint density at radius 3 is 2.52 bits per heavy atom. The van der Waals surface area contributed by atoms with E-state index in [0.29, 0.717) is 13.0 Å². The maximum absolute atomic E-state index is 12.9. The average molecular weight is 364 g/mol. The number of nitrogens with zero attached hydrogens (tertiary/aromatic N) is 2. The van der Waals surface area contributed by atoms with E-state index in [2.05, 4.69) is 18.9 Å². The second-order valence-electron chi connectivity index (χ2n) is 9.44. The zero-order valence-corrected chi connectivity index (χ0v) is 16.9. The summed E-state index contributed by atoms with van der Waals surface area (Å²) in [5.74, 6) is 2.95. The lowest BCUT2D eigenvalue weighted by Crippen LogP contribution is -2.55. The molecule has 0 heterocycles. The highest BCUT2D eigenvalue weighted by Crippen LogP contribution is 2.64. The van der Waals surface area contributed by atoms with Crippen LogP contribution in [-0.2, 0) is 9.59 Å². The van der Waals surface area contributed by atoms with Crippen LogP contribution in [0.4, 0.5) is 0 Å². The number of ketones is 2. The number of carbonyl (C=O) groups is 2. The van der Waals surface area contributed by atoms with Gasteiger partial charge in [-0.05, 0) is 50.9 Å². The fourth-order valence-corrected chi connectivity index (χ4v) is 5.86. The summed E-state index contributed by atoms with van der Waals surface area (Å²) in [6.07, 6.45) is 11.8. The van der Waals surface area contributed by atoms with Gasteiger partial charge < -0.3 is 4.90 Å². The third-order valence-corrected chi connectivity index (χ3v) is 7.09. The van der Waals surface area contributed by atoms with Gasteiger partial charge in [-0.25, -0.2) is 0 Å². The quantitative estimate of drug-likeness (QED) is 0.706. The molecule has 3 aliphatic rings. The van der Waals surface area contributed by atoms with Crippen molar-refractivity contribution < 1.29 is 9.59 Å². The summed E-state index contributed by atoms with van der Waals surface area (Å²) in [6, 6.07) is 2.08. The summed E-state index contributed by atoms with van der Waals surface area (Å²) in [7, 11) is 3.93. The van der Waals surface area contributed by atoms with E-state index < -0.39 is 16.2 Å². The van der Waals surface area contributed by atoms with Crippen molar-refractivity contribution in [2.75, 3.05) is 20.6 Å². The van der Waals surface area contributed by atoms with Gasteiger partial charge in [-0.15, -0.1) is 6.42 Å². The molecule has 0 spiro atoms. The van der Waals surface area contributed by atoms with Gasteiger partial charge in [0.1, 0.15) is 6.07 Å². The van der Waals surface area contributed by atoms with Crippen LogP contribution < -0.4 is 0 Å². The molecule has 3 rings (SSSR count). The molecule has 1 saturated carbocycles. The average Bonchev–Trinajstić information content (AvgIpc) is 2.59. The van der Waals surface area contributed by atoms with Crippen molar-refractivity contribution in [3.8, 4) is 18.4 Å². The molecule has 0 N–H and O–H groups in total. The molecule has 1 fully saturated rings. The fourth-order valence-electron chi connectivity index (χ4n) is 5.86. The van der Waals surface area contributed by atoms with E-state index in [9.17, 15) is 14.9 Å². The van der Waals surface area contributed by atoms with E-state index in [4.69, 9.17) is 6.42 Å². The van der Waals surface area contributed by atoms with Gasteiger partial charge in [-0.1, -0.05) is 32.8 Å². The van der Waals surface area contributed by atoms with E-state index in [1.165, 1.54) is 0 Å². The van der Waals surface area contributed by atoms with Crippen LogP contribution in [0, 0.1) is 51.8 Å². The molecule has 142 valence electrons. The molecule has 0 saturated heterocycles. The maximum Gasteiger partial charge on any atom is 0.178 e. The lowest BCUT2D eigenvalue weighted by atomic mass is 9.44. The predicted molar refractivity (Wildman–Crippen MR) is 104 cm³/mol. The van der Waals surface area contributed by atoms with Crippen LogP contribution in [0.5, 0.6) is 0 Å². The van der Waals surface area contributed by atoms with Gasteiger partial charge in [0.25, 0.3) is 0 Å². The van der Waals surface area contributed by atoms with Crippen molar-refractivity contribution in [2.45, 2.75) is 40.0 Å². The predicted octanol–water partition coefficient (Wildman–Crippen LogP) is 3.16. The molecule has 0 aromatic rings. The molecule has 0 radical (unpaired) electrons. The van der Waals surface area contributed by atoms with E-state index in [0.717, 1.165) is 18.4 Å². The Labute approximate surface area is 162 Å². The number of fused-ring (bicyclic) bond motifs is 3. The number of rotatable bonds is 2. The summed E-state index contributed by atoms with van der Waals surface area (Å²) >= 11 is 0. The number of hydrogen-bond donors (Lipinski definition) is 0. The molecule has 0 unspecified atom stereocenters. The monoisotopic (exact) mass is 364 g/mol. The van der Waals surface area contributed by atoms with Crippen LogP contribution in [-0.4, -0.2) is 37.1 Å². The lowest BCUT2D eigenvalue weighted by molar-refractivity contribution is -0.130. The molecule has 27 heavy (non-hydrogen) atoms. The van der Waals surface area contributed by atoms with Gasteiger partial charge in [0.2, 0.25) is 0 Å². The molecule has 3 aliphatic carbocycles. The number of hydrogen-bond acceptors (Lipinski definition) is 4. The smallest absolute Gasteiger partial charge is 0.178 e. The Hall–Kier alpha value is -2.17. The van der Waals surface area contributed by atoms with Crippen molar-refractivity contribution >= 4 is 11.6 Å². The van der Waals surface area contributed by atoms with Gasteiger partial charge in [-0.3, -0.25) is 9.59 Å². The van der Waals surface area contributed by atoms with Crippen molar-refractivity contribution in [1.82, 2.24) is 4.90 Å². The van der Waals surface area contributed by atoms with Gasteiger partial charge in [0, 0.05) is 23.3 Å². The summed E-state index contributed by atoms with van der Waals surface area (Å²) in [5, 5.41) is 9.54. The Balaban J connectivity index is 2.19. The number of carbonyl (C=O) groups excluding carboxylic acids is 2. The van der Waals surface area contributed by atoms with Crippen molar-refractivity contribution in [1.29, 1.82) is 5.26 Å². The molecule has 0 bridgehead atoms. The first-order valence-electron chi connectivity index (χ1n) is 9.58. The third kappa shape index (κ3) is 2.70. The van der Waals surface area contributed by atoms with Crippen LogP contribution in [0.1, 0.15) is 40.0 Å². The van der Waals surface area contributed by atoms with Crippen molar-refractivity contribution in [3.63, 3.8) is 0 Å². The van der Waals surface area contributed by atoms with E-state index in [-0.39, 0.29) is 29.0 Å². The summed E-state index contributed by atoms with van der Waals surface area (Å²) in [4.78, 5) is 27.7. The minimum absolute atomic E-state index is 0.0283. The Kier molecular flexibility index (Phi) is 4.48. The van der Waals surface area contributed by atoms with E-state index in [1.807, 2.05) is 32.8 Å². The summed E-state index contributed by atoms with van der Waals surface area (Å²) in [5.41, 5.74) is -0.559. The first-order chi connectivity index (χ1) is 12.5. The van der Waals surface area contributed by atoms with Gasteiger partial charge in [0.15, 0.2) is 11.6 Å². The summed E-state index contributed by atoms with van der Waals surface area (Å²) < 4.78 is 0. The molecule has 0 amide bonds. The molecule has 0 aromatic heterocycles. The number of nitriles is 1. The topological polar surface area (TPSA) is 61.2 Å². The van der Waals surface area contributed by atoms with Crippen LogP contribution in [0.25, 0.3) is 0 Å². The van der Waals surface area contributed by atoms with Crippen LogP contribution in [0.2, 0.25) is 0 Å². The normalized spacial score (nSPS) is 37.5. The largest absolute Gasteiger partial charge is 0.309 e. The molecule has 4 heteroatoms. The van der Waals surface area contributed by atoms with Gasteiger partial charge in [-0.2, -0.15) is 5.26 Å². The number of terminal acetylenes is 1. The molecule has 0 aliphatic heterocycles. The molecular formula is C23H28N2O2. The fraction of sp³-hybridized carbons (Fsp3) is 0.609. The third-order valence-electron chi connectivity index (χ3n) is 7.09. The van der Waals surface area contributed by atoms with Gasteiger partial charge in [0.05, 0.1) is 11.0 Å². The number of Topliss-reactive ketones (excluding diaryl/α,β-unsaturated/α-hetero) is 1. The maximum atomic E-state index is 12.9. The molecule has 4 nitrogen and oxygen atoms in total. The second kappa shape index (κ2) is 6.18. The van der Waals surface area contributed by atoms with Crippen molar-refractivity contribution in [3.05, 3.63) is 23.3 Å². The first-order valence-corrected chi connectivity index (χ1v) is 9.58. The first kappa shape index (κ1) is 19.6. The minimum atomic E-state index is -0.653. The Bertz CT molecular complexity index is 849. The van der Waals surface area contributed by atoms with Crippen molar-refractivity contribution in [2.24, 2.45) is 28.1 Å². The second-order valence-corrected chi connectivity index (χ2v) is 9.44. The zero-order chi connectivity index (χ0) is 20.2. The number of allylic oxidation sites excluding steroid dienone is 4. The highest BCUT2D eigenvalue weighted by atomic mass is 16.1. The minimum Gasteiger partial charge on any atom is -0.309 e. The SMILES string of the molecule is C#C[C@@]12CC[C@H]3C(C)(C)C(=O)C(C#N)=C[C@]3(C)C1=CC(=O)[C@H](CN(C)C)C2. The highest BCUT2D eigenvalue weighted by Gasteiger charge is 2.60. The standard InChI is InChI=1S/C23H28N2O2/c1-7-23-9-8-18-21(2,3)20(27)15(13-24)11-22(18,4)19(23)10-17(26)16(12-23)14-25(5)6/h1,10-11,16,18H,8-9,12,14H2,2-6H3/t16-,18-,22-,23-/m0/s1. The van der Waals surface area contributed by atoms with Crippen LogP contribution in [0.3, 0.4) is 0 Å². The van der Waals surface area contributed by atoms with Crippen LogP contribution in [0.15, 0.2) is 23.3 Å². The van der Waals surface area contributed by atoms with E-state index >= 15 is 0 Å².